The van der Waals surface area contributed by atoms with E-state index >= 15 is 0 Å². The van der Waals surface area contributed by atoms with Gasteiger partial charge in [-0.2, -0.15) is 0 Å². The monoisotopic (exact) mass is 451 g/mol. The van der Waals surface area contributed by atoms with Crippen molar-refractivity contribution in [2.24, 2.45) is 11.8 Å². The third-order valence-electron chi connectivity index (χ3n) is 6.25. The molecule has 2 saturated heterocycles. The van der Waals surface area contributed by atoms with E-state index in [4.69, 9.17) is 23.2 Å². The number of rotatable bonds is 3. The number of imide groups is 1. The summed E-state index contributed by atoms with van der Waals surface area (Å²) in [5.74, 6) is -1.36. The number of benzene rings is 1. The Bertz CT molecular complexity index is 854. The number of carbonyl (C=O) groups is 4. The maximum atomic E-state index is 12.7. The predicted octanol–water partition coefficient (Wildman–Crippen LogP) is 2.45. The van der Waals surface area contributed by atoms with Gasteiger partial charge in [-0.15, -0.1) is 0 Å². The van der Waals surface area contributed by atoms with Crippen LogP contribution in [-0.2, 0) is 14.4 Å². The molecule has 7 nitrogen and oxygen atoms in total. The fourth-order valence-electron chi connectivity index (χ4n) is 4.64. The Labute approximate surface area is 184 Å². The van der Waals surface area contributed by atoms with E-state index in [0.717, 1.165) is 30.6 Å². The predicted molar refractivity (Wildman–Crippen MR) is 111 cm³/mol. The van der Waals surface area contributed by atoms with Crippen molar-refractivity contribution in [3.05, 3.63) is 33.8 Å². The van der Waals surface area contributed by atoms with E-state index in [1.165, 1.54) is 0 Å². The van der Waals surface area contributed by atoms with Crippen molar-refractivity contribution >= 4 is 46.8 Å². The lowest BCUT2D eigenvalue weighted by Gasteiger charge is -2.35. The van der Waals surface area contributed by atoms with E-state index in [1.807, 2.05) is 0 Å². The highest BCUT2D eigenvalue weighted by molar-refractivity contribution is 6.35. The van der Waals surface area contributed by atoms with Crippen LogP contribution in [-0.4, -0.2) is 71.1 Å². The first-order valence-corrected chi connectivity index (χ1v) is 11.0. The number of hydrogen-bond acceptors (Lipinski definition) is 4. The number of halogens is 2. The van der Waals surface area contributed by atoms with Crippen molar-refractivity contribution in [1.82, 2.24) is 14.7 Å². The molecule has 1 aromatic rings. The van der Waals surface area contributed by atoms with E-state index in [2.05, 4.69) is 0 Å². The van der Waals surface area contributed by atoms with Crippen LogP contribution in [0.1, 0.15) is 36.0 Å². The van der Waals surface area contributed by atoms with Gasteiger partial charge in [0.2, 0.25) is 17.7 Å². The third kappa shape index (κ3) is 4.05. The normalized spacial score (nSPS) is 24.3. The topological polar surface area (TPSA) is 78.0 Å². The van der Waals surface area contributed by atoms with Crippen molar-refractivity contribution in [3.63, 3.8) is 0 Å². The Morgan fingerprint density at radius 2 is 1.33 bits per heavy atom. The first-order chi connectivity index (χ1) is 14.3. The molecule has 4 amide bonds. The van der Waals surface area contributed by atoms with Crippen LogP contribution in [0.2, 0.25) is 10.0 Å². The van der Waals surface area contributed by atoms with Crippen LogP contribution in [0, 0.1) is 11.8 Å². The van der Waals surface area contributed by atoms with Gasteiger partial charge in [0.25, 0.3) is 5.91 Å². The molecule has 0 bridgehead atoms. The molecule has 0 aromatic heterocycles. The smallest absolute Gasteiger partial charge is 0.254 e. The Hall–Kier alpha value is -2.12. The number of hydrogen-bond donors (Lipinski definition) is 0. The van der Waals surface area contributed by atoms with E-state index in [9.17, 15) is 19.2 Å². The molecule has 0 radical (unpaired) electrons. The Balaban J connectivity index is 1.34. The minimum Gasteiger partial charge on any atom is -0.338 e. The summed E-state index contributed by atoms with van der Waals surface area (Å²) in [6.07, 6.45) is 3.37. The quantitative estimate of drug-likeness (QED) is 0.661. The van der Waals surface area contributed by atoms with Gasteiger partial charge in [0, 0.05) is 41.8 Å². The molecule has 1 aromatic carbocycles. The largest absolute Gasteiger partial charge is 0.338 e. The van der Waals surface area contributed by atoms with Crippen molar-refractivity contribution in [2.45, 2.75) is 25.7 Å². The highest BCUT2D eigenvalue weighted by atomic mass is 35.5. The van der Waals surface area contributed by atoms with Crippen LogP contribution in [0.4, 0.5) is 0 Å². The molecule has 2 unspecified atom stereocenters. The van der Waals surface area contributed by atoms with Crippen LogP contribution in [0.25, 0.3) is 0 Å². The molecule has 3 aliphatic rings. The highest BCUT2D eigenvalue weighted by Gasteiger charge is 2.48. The van der Waals surface area contributed by atoms with Crippen molar-refractivity contribution in [1.29, 1.82) is 0 Å². The van der Waals surface area contributed by atoms with E-state index in [1.54, 1.807) is 28.0 Å². The molecule has 2 aliphatic heterocycles. The van der Waals surface area contributed by atoms with Crippen molar-refractivity contribution in [2.75, 3.05) is 32.7 Å². The molecule has 160 valence electrons. The van der Waals surface area contributed by atoms with Gasteiger partial charge in [0.15, 0.2) is 0 Å². The molecule has 3 fully saturated rings. The zero-order valence-electron chi connectivity index (χ0n) is 16.5. The minimum atomic E-state index is -0.256. The van der Waals surface area contributed by atoms with Gasteiger partial charge < -0.3 is 9.80 Å². The summed E-state index contributed by atoms with van der Waals surface area (Å²) in [6, 6.07) is 4.70. The number of fused-ring (bicyclic) bond motifs is 1. The molecule has 0 N–H and O–H groups in total. The summed E-state index contributed by atoms with van der Waals surface area (Å²) in [7, 11) is 0. The van der Waals surface area contributed by atoms with E-state index in [-0.39, 0.29) is 42.0 Å². The van der Waals surface area contributed by atoms with Gasteiger partial charge in [-0.1, -0.05) is 36.0 Å². The Morgan fingerprint density at radius 3 is 1.87 bits per heavy atom. The third-order valence-corrected chi connectivity index (χ3v) is 6.69. The van der Waals surface area contributed by atoms with Crippen LogP contribution in [0.15, 0.2) is 18.2 Å². The average molecular weight is 452 g/mol. The molecule has 9 heteroatoms. The summed E-state index contributed by atoms with van der Waals surface area (Å²) in [5.41, 5.74) is 0.406. The molecule has 0 spiro atoms. The van der Waals surface area contributed by atoms with Crippen molar-refractivity contribution in [3.8, 4) is 0 Å². The summed E-state index contributed by atoms with van der Waals surface area (Å²) < 4.78 is 0. The lowest BCUT2D eigenvalue weighted by molar-refractivity contribution is -0.147. The summed E-state index contributed by atoms with van der Waals surface area (Å²) >= 11 is 12.0. The van der Waals surface area contributed by atoms with Crippen LogP contribution < -0.4 is 0 Å². The molecular weight excluding hydrogens is 429 g/mol. The Kier molecular flexibility index (Phi) is 6.02. The molecule has 4 rings (SSSR count). The number of amides is 4. The molecular formula is C21H23Cl2N3O4. The van der Waals surface area contributed by atoms with E-state index < -0.39 is 0 Å². The number of carbonyl (C=O) groups excluding carboxylic acids is 4. The van der Waals surface area contributed by atoms with Crippen LogP contribution in [0.5, 0.6) is 0 Å². The second kappa shape index (κ2) is 8.55. The first kappa shape index (κ1) is 21.1. The van der Waals surface area contributed by atoms with Crippen molar-refractivity contribution < 1.29 is 19.2 Å². The van der Waals surface area contributed by atoms with E-state index in [0.29, 0.717) is 41.8 Å². The van der Waals surface area contributed by atoms with Gasteiger partial charge in [0.1, 0.15) is 6.54 Å². The highest BCUT2D eigenvalue weighted by Crippen LogP contribution is 2.37. The standard InChI is InChI=1S/C21H23Cl2N3O4/c22-14-9-13(10-15(23)11-14)19(28)25-7-5-24(6-8-25)18(27)12-26-20(29)16-3-1-2-4-17(16)21(26)30/h9-11,16-17H,1-8,12H2. The minimum absolute atomic E-state index is 0.194. The first-order valence-electron chi connectivity index (χ1n) is 10.2. The van der Waals surface area contributed by atoms with Gasteiger partial charge in [-0.3, -0.25) is 24.1 Å². The molecule has 30 heavy (non-hydrogen) atoms. The lowest BCUT2D eigenvalue weighted by atomic mass is 9.81. The zero-order chi connectivity index (χ0) is 21.4. The fraction of sp³-hybridized carbons (Fsp3) is 0.524. The SMILES string of the molecule is O=C(CN1C(=O)C2CCCCC2C1=O)N1CCN(C(=O)c2cc(Cl)cc(Cl)c2)CC1. The number of likely N-dealkylation sites (tertiary alicyclic amines) is 1. The maximum absolute atomic E-state index is 12.7. The summed E-state index contributed by atoms with van der Waals surface area (Å²) in [4.78, 5) is 55.0. The second-order valence-corrected chi connectivity index (χ2v) is 8.96. The average Bonchev–Trinajstić information content (AvgIpc) is 2.98. The second-order valence-electron chi connectivity index (χ2n) is 8.09. The van der Waals surface area contributed by atoms with Gasteiger partial charge in [0.05, 0.1) is 11.8 Å². The van der Waals surface area contributed by atoms with Gasteiger partial charge >= 0.3 is 0 Å². The molecule has 1 aliphatic carbocycles. The maximum Gasteiger partial charge on any atom is 0.254 e. The van der Waals surface area contributed by atoms with Crippen LogP contribution >= 0.6 is 23.2 Å². The molecule has 1 saturated carbocycles. The summed E-state index contributed by atoms with van der Waals surface area (Å²) in [5, 5.41) is 0.778. The van der Waals surface area contributed by atoms with Gasteiger partial charge in [-0.05, 0) is 31.0 Å². The Morgan fingerprint density at radius 1 is 0.833 bits per heavy atom. The van der Waals surface area contributed by atoms with Crippen LogP contribution in [0.3, 0.4) is 0 Å². The lowest BCUT2D eigenvalue weighted by Crippen LogP contribution is -2.53. The fourth-order valence-corrected chi connectivity index (χ4v) is 5.17. The van der Waals surface area contributed by atoms with Gasteiger partial charge in [-0.25, -0.2) is 0 Å². The zero-order valence-corrected chi connectivity index (χ0v) is 18.0. The molecule has 2 heterocycles. The number of nitrogens with zero attached hydrogens (tertiary/aromatic N) is 3. The number of piperazine rings is 1. The summed E-state index contributed by atoms with van der Waals surface area (Å²) in [6.45, 7) is 1.22. The molecule has 2 atom stereocenters.